The van der Waals surface area contributed by atoms with Gasteiger partial charge in [-0.3, -0.25) is 0 Å². The van der Waals surface area contributed by atoms with Gasteiger partial charge in [0.05, 0.1) is 0 Å². The first-order valence-electron chi connectivity index (χ1n) is 12.5. The van der Waals surface area contributed by atoms with Crippen molar-refractivity contribution in [2.75, 3.05) is 0 Å². The maximum absolute atomic E-state index is 7.25. The van der Waals surface area contributed by atoms with Crippen molar-refractivity contribution in [1.29, 1.82) is 0 Å². The van der Waals surface area contributed by atoms with E-state index >= 15 is 0 Å². The third kappa shape index (κ3) is 2.00. The largest absolute Gasteiger partial charge is 0.472 e. The summed E-state index contributed by atoms with van der Waals surface area (Å²) >= 11 is 0. The minimum atomic E-state index is -0.574. The van der Waals surface area contributed by atoms with E-state index in [9.17, 15) is 0 Å². The normalized spacial score (nSPS) is 21.7. The highest BCUT2D eigenvalue weighted by molar-refractivity contribution is 6.15. The number of hydrogen-bond acceptors (Lipinski definition) is 1. The van der Waals surface area contributed by atoms with Gasteiger partial charge in [-0.1, -0.05) is 93.6 Å². The molecule has 0 fully saturated rings. The molecule has 0 radical (unpaired) electrons. The number of fused-ring (bicyclic) bond motifs is 5. The van der Waals surface area contributed by atoms with E-state index < -0.39 is 5.60 Å². The Bertz CT molecular complexity index is 1600. The van der Waals surface area contributed by atoms with Crippen molar-refractivity contribution in [3.8, 4) is 28.0 Å². The predicted octanol–water partition coefficient (Wildman–Crippen LogP) is 8.21. The zero-order valence-electron chi connectivity index (χ0n) is 19.8. The summed E-state index contributed by atoms with van der Waals surface area (Å²) in [6.45, 7) is 7.00. The van der Waals surface area contributed by atoms with E-state index in [0.717, 1.165) is 12.2 Å². The highest BCUT2D eigenvalue weighted by Gasteiger charge is 2.59. The minimum absolute atomic E-state index is 0.340. The summed E-state index contributed by atoms with van der Waals surface area (Å²) < 4.78 is 7.25. The second-order valence-corrected chi connectivity index (χ2v) is 10.8. The molecule has 1 heterocycles. The van der Waals surface area contributed by atoms with Crippen LogP contribution in [0.2, 0.25) is 0 Å². The van der Waals surface area contributed by atoms with Gasteiger partial charge in [-0.15, -0.1) is 0 Å². The van der Waals surface area contributed by atoms with Gasteiger partial charge >= 0.3 is 0 Å². The minimum Gasteiger partial charge on any atom is -0.472 e. The van der Waals surface area contributed by atoms with Gasteiger partial charge in [0.1, 0.15) is 5.75 Å². The average molecular weight is 439 g/mol. The predicted molar refractivity (Wildman–Crippen MR) is 139 cm³/mol. The first-order valence-corrected chi connectivity index (χ1v) is 12.5. The van der Waals surface area contributed by atoms with Gasteiger partial charge in [0, 0.05) is 28.2 Å². The monoisotopic (exact) mass is 438 g/mol. The van der Waals surface area contributed by atoms with E-state index in [0.29, 0.717) is 11.8 Å². The fraction of sp³-hybridized carbons (Fsp3) is 0.212. The molecule has 2 unspecified atom stereocenters. The van der Waals surface area contributed by atoms with Crippen LogP contribution in [-0.4, -0.2) is 0 Å². The van der Waals surface area contributed by atoms with Gasteiger partial charge in [-0.25, -0.2) is 0 Å². The summed E-state index contributed by atoms with van der Waals surface area (Å²) in [6, 6.07) is 29.5. The molecule has 0 saturated carbocycles. The lowest BCUT2D eigenvalue weighted by atomic mass is 9.69. The first-order chi connectivity index (χ1) is 16.6. The zero-order chi connectivity index (χ0) is 22.8. The lowest BCUT2D eigenvalue weighted by Gasteiger charge is -2.43. The van der Waals surface area contributed by atoms with E-state index in [2.05, 4.69) is 99.6 Å². The van der Waals surface area contributed by atoms with E-state index in [1.807, 2.05) is 0 Å². The summed E-state index contributed by atoms with van der Waals surface area (Å²) in [5.74, 6) is 1.96. The third-order valence-electron chi connectivity index (χ3n) is 8.39. The van der Waals surface area contributed by atoms with E-state index in [-0.39, 0.29) is 0 Å². The zero-order valence-corrected chi connectivity index (χ0v) is 19.8. The smallest absolute Gasteiger partial charge is 0.187 e. The first kappa shape index (κ1) is 18.8. The molecular formula is C33H26O. The van der Waals surface area contributed by atoms with Crippen molar-refractivity contribution in [3.05, 3.63) is 112 Å². The molecule has 4 aromatic rings. The van der Waals surface area contributed by atoms with Crippen molar-refractivity contribution in [1.82, 2.24) is 0 Å². The Hall–Kier alpha value is -3.58. The molecule has 0 aromatic heterocycles. The topological polar surface area (TPSA) is 9.23 Å². The Morgan fingerprint density at radius 2 is 1.50 bits per heavy atom. The van der Waals surface area contributed by atoms with Crippen LogP contribution in [0.5, 0.6) is 5.75 Å². The van der Waals surface area contributed by atoms with Gasteiger partial charge in [-0.2, -0.15) is 0 Å². The van der Waals surface area contributed by atoms with E-state index in [4.69, 9.17) is 4.74 Å². The quantitative estimate of drug-likeness (QED) is 0.306. The third-order valence-corrected chi connectivity index (χ3v) is 8.39. The van der Waals surface area contributed by atoms with Crippen LogP contribution in [0.1, 0.15) is 60.1 Å². The number of rotatable bonds is 2. The number of ether oxygens (including phenoxy) is 1. The van der Waals surface area contributed by atoms with Gasteiger partial charge in [0.15, 0.2) is 5.60 Å². The molecule has 34 heavy (non-hydrogen) atoms. The number of benzene rings is 4. The molecule has 1 nitrogen and oxygen atoms in total. The Morgan fingerprint density at radius 3 is 2.32 bits per heavy atom. The summed E-state index contributed by atoms with van der Waals surface area (Å²) in [4.78, 5) is 0. The van der Waals surface area contributed by atoms with Crippen LogP contribution in [0.4, 0.5) is 0 Å². The Balaban J connectivity index is 1.60. The lowest BCUT2D eigenvalue weighted by Crippen LogP contribution is -2.39. The van der Waals surface area contributed by atoms with Crippen LogP contribution >= 0.6 is 0 Å². The molecule has 4 aromatic carbocycles. The molecule has 8 rings (SSSR count). The standard InChI is InChI=1S/C33H26O/c1-18(2)15-20-16-25-22-9-4-6-13-27(22)33-31(25)26(17-20)23-12-8-11-21-19(3)29(32(33)30(21)23)24-10-5-7-14-28(24)34-33/h4-14,16-19H,15H2,1-3H3. The fourth-order valence-corrected chi connectivity index (χ4v) is 7.29. The van der Waals surface area contributed by atoms with Crippen LogP contribution in [0.3, 0.4) is 0 Å². The summed E-state index contributed by atoms with van der Waals surface area (Å²) in [5, 5.41) is 0. The molecule has 164 valence electrons. The second-order valence-electron chi connectivity index (χ2n) is 10.8. The average Bonchev–Trinajstić information content (AvgIpc) is 3.30. The highest BCUT2D eigenvalue weighted by atomic mass is 16.5. The molecule has 2 atom stereocenters. The molecule has 1 aliphatic heterocycles. The SMILES string of the molecule is CC(C)Cc1cc2c3c(c1)-c1cccc4c1C1=C(c5ccccc5OC13c1ccccc1-2)C4C. The number of allylic oxidation sites excluding steroid dienone is 1. The maximum Gasteiger partial charge on any atom is 0.187 e. The van der Waals surface area contributed by atoms with Crippen molar-refractivity contribution in [2.45, 2.75) is 38.7 Å². The molecule has 0 saturated heterocycles. The second kappa shape index (κ2) is 6.10. The van der Waals surface area contributed by atoms with Gasteiger partial charge < -0.3 is 4.74 Å². The molecule has 3 aliphatic carbocycles. The van der Waals surface area contributed by atoms with E-state index in [1.165, 1.54) is 66.8 Å². The van der Waals surface area contributed by atoms with Crippen molar-refractivity contribution in [2.24, 2.45) is 5.92 Å². The van der Waals surface area contributed by atoms with Crippen LogP contribution in [-0.2, 0) is 12.0 Å². The molecular weight excluding hydrogens is 412 g/mol. The Labute approximate surface area is 200 Å². The molecule has 0 amide bonds. The number of hydrogen-bond donors (Lipinski definition) is 0. The van der Waals surface area contributed by atoms with E-state index in [1.54, 1.807) is 0 Å². The number of para-hydroxylation sites is 1. The summed E-state index contributed by atoms with van der Waals surface area (Å²) in [6.07, 6.45) is 1.08. The van der Waals surface area contributed by atoms with Crippen molar-refractivity contribution >= 4 is 11.1 Å². The van der Waals surface area contributed by atoms with Crippen LogP contribution in [0, 0.1) is 5.92 Å². The van der Waals surface area contributed by atoms with Gasteiger partial charge in [0.25, 0.3) is 0 Å². The molecule has 0 N–H and O–H groups in total. The summed E-state index contributed by atoms with van der Waals surface area (Å²) in [7, 11) is 0. The van der Waals surface area contributed by atoms with Crippen LogP contribution < -0.4 is 4.74 Å². The van der Waals surface area contributed by atoms with Crippen molar-refractivity contribution < 1.29 is 4.74 Å². The fourth-order valence-electron chi connectivity index (χ4n) is 7.29. The van der Waals surface area contributed by atoms with Crippen LogP contribution in [0.25, 0.3) is 33.4 Å². The molecule has 4 aliphatic rings. The Kier molecular flexibility index (Phi) is 3.37. The van der Waals surface area contributed by atoms with Crippen LogP contribution in [0.15, 0.2) is 78.9 Å². The summed E-state index contributed by atoms with van der Waals surface area (Å²) in [5.41, 5.74) is 15.8. The molecule has 1 heteroatoms. The van der Waals surface area contributed by atoms with Crippen molar-refractivity contribution in [3.63, 3.8) is 0 Å². The molecule has 1 spiro atoms. The maximum atomic E-state index is 7.25. The highest BCUT2D eigenvalue weighted by Crippen LogP contribution is 2.70. The molecule has 0 bridgehead atoms. The van der Waals surface area contributed by atoms with Gasteiger partial charge in [0.2, 0.25) is 0 Å². The van der Waals surface area contributed by atoms with Gasteiger partial charge in [-0.05, 0) is 62.9 Å². The Morgan fingerprint density at radius 1 is 0.794 bits per heavy atom. The lowest BCUT2D eigenvalue weighted by molar-refractivity contribution is 0.176.